The van der Waals surface area contributed by atoms with E-state index in [0.717, 1.165) is 5.56 Å². The molecule has 1 aromatic carbocycles. The van der Waals surface area contributed by atoms with Crippen molar-refractivity contribution in [2.24, 2.45) is 5.73 Å². The number of halogens is 1. The lowest BCUT2D eigenvalue weighted by Gasteiger charge is -2.37. The van der Waals surface area contributed by atoms with Crippen LogP contribution < -0.4 is 11.1 Å². The Morgan fingerprint density at radius 1 is 1.24 bits per heavy atom. The number of hydrogen-bond acceptors (Lipinski definition) is 7. The maximum atomic E-state index is 13.6. The fourth-order valence-corrected chi connectivity index (χ4v) is 7.27. The van der Waals surface area contributed by atoms with E-state index in [-0.39, 0.29) is 37.7 Å². The van der Waals surface area contributed by atoms with Crippen LogP contribution >= 0.6 is 11.6 Å². The molecule has 37 heavy (non-hydrogen) atoms. The van der Waals surface area contributed by atoms with Gasteiger partial charge in [-0.1, -0.05) is 23.7 Å². The Labute approximate surface area is 219 Å². The molecule has 0 radical (unpaired) electrons. The molecule has 1 saturated carbocycles. The van der Waals surface area contributed by atoms with Gasteiger partial charge < -0.3 is 25.6 Å². The summed E-state index contributed by atoms with van der Waals surface area (Å²) in [7, 11) is -3.96. The zero-order valence-corrected chi connectivity index (χ0v) is 22.2. The van der Waals surface area contributed by atoms with Crippen molar-refractivity contribution in [2.75, 3.05) is 13.1 Å². The summed E-state index contributed by atoms with van der Waals surface area (Å²) in [5.74, 6) is -1.56. The summed E-state index contributed by atoms with van der Waals surface area (Å²) < 4.78 is 25.8. The summed E-state index contributed by atoms with van der Waals surface area (Å²) in [5, 5.41) is 13.8. The lowest BCUT2D eigenvalue weighted by atomic mass is 10.0. The van der Waals surface area contributed by atoms with Crippen molar-refractivity contribution in [3.8, 4) is 0 Å². The molecule has 1 aromatic heterocycles. The van der Waals surface area contributed by atoms with Gasteiger partial charge in [-0.3, -0.25) is 14.4 Å². The molecule has 13 heteroatoms. The Morgan fingerprint density at radius 3 is 2.49 bits per heavy atom. The van der Waals surface area contributed by atoms with Gasteiger partial charge in [0, 0.05) is 31.2 Å². The SMILES string of the molecule is CC(C)([C@@H](O)CC(N)=O)S(=O)(=O)C1(CN2CCn3c(cnc3C(=O)NCc3ccc(Cl)cc3)C2=O)CC1. The topological polar surface area (TPSA) is 165 Å². The molecule has 2 aromatic rings. The smallest absolute Gasteiger partial charge is 0.287 e. The molecule has 0 spiro atoms. The molecule has 0 unspecified atom stereocenters. The molecule has 1 aliphatic carbocycles. The van der Waals surface area contributed by atoms with Crippen molar-refractivity contribution in [2.45, 2.75) is 61.8 Å². The van der Waals surface area contributed by atoms with Crippen LogP contribution in [0.3, 0.4) is 0 Å². The molecule has 0 saturated heterocycles. The number of imidazole rings is 1. The van der Waals surface area contributed by atoms with E-state index in [1.807, 2.05) is 0 Å². The molecular weight excluding hydrogens is 522 g/mol. The van der Waals surface area contributed by atoms with E-state index in [4.69, 9.17) is 17.3 Å². The van der Waals surface area contributed by atoms with Crippen molar-refractivity contribution in [1.82, 2.24) is 19.8 Å². The fourth-order valence-electron chi connectivity index (χ4n) is 4.63. The van der Waals surface area contributed by atoms with Gasteiger partial charge in [0.05, 0.1) is 28.2 Å². The molecule has 3 amide bonds. The second kappa shape index (κ2) is 9.73. The number of aliphatic hydroxyl groups excluding tert-OH is 1. The number of sulfone groups is 1. The Hall–Kier alpha value is -2.96. The van der Waals surface area contributed by atoms with Gasteiger partial charge in [-0.2, -0.15) is 0 Å². The van der Waals surface area contributed by atoms with E-state index in [1.54, 1.807) is 24.3 Å². The van der Waals surface area contributed by atoms with Crippen LogP contribution in [0.5, 0.6) is 0 Å². The maximum Gasteiger partial charge on any atom is 0.287 e. The van der Waals surface area contributed by atoms with Gasteiger partial charge >= 0.3 is 0 Å². The number of nitrogens with zero attached hydrogens (tertiary/aromatic N) is 3. The molecule has 4 rings (SSSR count). The van der Waals surface area contributed by atoms with Crippen LogP contribution in [0.2, 0.25) is 5.02 Å². The van der Waals surface area contributed by atoms with Gasteiger partial charge in [0.15, 0.2) is 15.7 Å². The number of aliphatic hydroxyl groups is 1. The average Bonchev–Trinajstić information content (AvgIpc) is 3.50. The third-order valence-electron chi connectivity index (χ3n) is 7.27. The van der Waals surface area contributed by atoms with Crippen molar-refractivity contribution in [1.29, 1.82) is 0 Å². The Bertz CT molecular complexity index is 1330. The summed E-state index contributed by atoms with van der Waals surface area (Å²) in [6.07, 6.45) is 0.0418. The van der Waals surface area contributed by atoms with Crippen LogP contribution in [0.25, 0.3) is 0 Å². The first-order valence-corrected chi connectivity index (χ1v) is 13.7. The zero-order chi connectivity index (χ0) is 27.2. The van der Waals surface area contributed by atoms with Gasteiger partial charge in [-0.25, -0.2) is 13.4 Å². The highest BCUT2D eigenvalue weighted by atomic mass is 35.5. The van der Waals surface area contributed by atoms with Gasteiger partial charge in [-0.15, -0.1) is 0 Å². The van der Waals surface area contributed by atoms with Crippen LogP contribution in [0.15, 0.2) is 30.5 Å². The van der Waals surface area contributed by atoms with E-state index in [9.17, 15) is 27.9 Å². The normalized spacial score (nSPS) is 17.7. The number of aromatic nitrogens is 2. The second-order valence-electron chi connectivity index (χ2n) is 10.1. The zero-order valence-electron chi connectivity index (χ0n) is 20.6. The predicted octanol–water partition coefficient (Wildman–Crippen LogP) is 0.885. The molecule has 4 N–H and O–H groups in total. The monoisotopic (exact) mass is 551 g/mol. The number of amides is 3. The third kappa shape index (κ3) is 4.97. The number of benzene rings is 1. The molecule has 11 nitrogen and oxygen atoms in total. The number of fused-ring (bicyclic) bond motifs is 1. The van der Waals surface area contributed by atoms with E-state index in [1.165, 1.54) is 29.5 Å². The molecular formula is C24H30ClN5O6S. The number of primary amides is 1. The van der Waals surface area contributed by atoms with Gasteiger partial charge in [-0.05, 0) is 44.4 Å². The van der Waals surface area contributed by atoms with Crippen LogP contribution in [0.4, 0.5) is 0 Å². The summed E-state index contributed by atoms with van der Waals surface area (Å²) in [6, 6.07) is 7.03. The number of carbonyl (C=O) groups is 3. The van der Waals surface area contributed by atoms with Crippen LogP contribution in [0.1, 0.15) is 59.8 Å². The second-order valence-corrected chi connectivity index (χ2v) is 13.5. The minimum absolute atomic E-state index is 0.0514. The molecule has 1 atom stereocenters. The van der Waals surface area contributed by atoms with E-state index in [2.05, 4.69) is 10.3 Å². The van der Waals surface area contributed by atoms with Crippen LogP contribution in [0, 0.1) is 0 Å². The highest BCUT2D eigenvalue weighted by Gasteiger charge is 2.62. The largest absolute Gasteiger partial charge is 0.391 e. The van der Waals surface area contributed by atoms with E-state index in [0.29, 0.717) is 17.9 Å². The van der Waals surface area contributed by atoms with Gasteiger partial charge in [0.2, 0.25) is 5.91 Å². The molecule has 200 valence electrons. The first-order chi connectivity index (χ1) is 17.3. The maximum absolute atomic E-state index is 13.6. The minimum Gasteiger partial charge on any atom is -0.391 e. The lowest BCUT2D eigenvalue weighted by molar-refractivity contribution is -0.120. The predicted molar refractivity (Wildman–Crippen MR) is 136 cm³/mol. The number of hydrogen-bond donors (Lipinski definition) is 3. The Kier molecular flexibility index (Phi) is 7.12. The van der Waals surface area contributed by atoms with Gasteiger partial charge in [0.25, 0.3) is 11.8 Å². The molecule has 1 aliphatic heterocycles. The highest BCUT2D eigenvalue weighted by molar-refractivity contribution is 7.94. The summed E-state index contributed by atoms with van der Waals surface area (Å²) in [4.78, 5) is 42.9. The number of rotatable bonds is 10. The van der Waals surface area contributed by atoms with E-state index >= 15 is 0 Å². The number of nitrogens with one attached hydrogen (secondary N) is 1. The van der Waals surface area contributed by atoms with Crippen molar-refractivity contribution in [3.63, 3.8) is 0 Å². The highest BCUT2D eigenvalue weighted by Crippen LogP contribution is 2.50. The molecule has 0 bridgehead atoms. The van der Waals surface area contributed by atoms with Crippen molar-refractivity contribution in [3.05, 3.63) is 52.6 Å². The number of nitrogens with two attached hydrogens (primary N) is 1. The van der Waals surface area contributed by atoms with Crippen LogP contribution in [-0.2, 0) is 27.7 Å². The summed E-state index contributed by atoms with van der Waals surface area (Å²) in [6.45, 7) is 3.42. The molecule has 2 heterocycles. The Morgan fingerprint density at radius 2 is 1.89 bits per heavy atom. The summed E-state index contributed by atoms with van der Waals surface area (Å²) >= 11 is 5.89. The first-order valence-electron chi connectivity index (χ1n) is 11.9. The standard InChI is InChI=1S/C24H30ClN5O6S/c1-23(2,18(31)11-19(26)32)37(35,36)24(7-8-24)14-29-9-10-30-17(22(29)34)13-27-20(30)21(33)28-12-15-3-5-16(25)6-4-15/h3-6,13,18,31H,7-12,14H2,1-2H3,(H2,26,32)(H,28,33)/t18-/m0/s1. The van der Waals surface area contributed by atoms with Gasteiger partial charge in [0.1, 0.15) is 5.69 Å². The summed E-state index contributed by atoms with van der Waals surface area (Å²) in [5.41, 5.74) is 6.21. The molecule has 1 fully saturated rings. The number of carbonyl (C=O) groups excluding carboxylic acids is 3. The molecule has 2 aliphatic rings. The quantitative estimate of drug-likeness (QED) is 0.394. The van der Waals surface area contributed by atoms with Crippen LogP contribution in [-0.4, -0.2) is 74.4 Å². The third-order valence-corrected chi connectivity index (χ3v) is 10.9. The Balaban J connectivity index is 1.46. The lowest BCUT2D eigenvalue weighted by Crippen LogP contribution is -2.55. The first kappa shape index (κ1) is 27.1. The average molecular weight is 552 g/mol. The minimum atomic E-state index is -3.96. The fraction of sp³-hybridized carbons (Fsp3) is 0.500. The van der Waals surface area contributed by atoms with E-state index < -0.39 is 49.6 Å². The van der Waals surface area contributed by atoms with Crippen molar-refractivity contribution >= 4 is 39.2 Å². The van der Waals surface area contributed by atoms with Crippen molar-refractivity contribution < 1.29 is 27.9 Å².